The van der Waals surface area contributed by atoms with Gasteiger partial charge in [-0.3, -0.25) is 9.48 Å². The zero-order valence-corrected chi connectivity index (χ0v) is 16.7. The molecule has 1 amide bonds. The van der Waals surface area contributed by atoms with E-state index in [-0.39, 0.29) is 11.9 Å². The number of carbonyl (C=O) groups excluding carboxylic acids is 1. The zero-order chi connectivity index (χ0) is 19.6. The predicted molar refractivity (Wildman–Crippen MR) is 109 cm³/mol. The van der Waals surface area contributed by atoms with Crippen LogP contribution in [0.3, 0.4) is 0 Å². The fourth-order valence-electron chi connectivity index (χ4n) is 3.17. The quantitative estimate of drug-likeness (QED) is 0.719. The number of aromatic nitrogens is 2. The molecule has 1 heterocycles. The number of nitrogens with zero attached hydrogens (tertiary/aromatic N) is 2. The van der Waals surface area contributed by atoms with Crippen molar-refractivity contribution in [1.82, 2.24) is 15.1 Å². The van der Waals surface area contributed by atoms with Crippen LogP contribution < -0.4 is 5.32 Å². The Labute approximate surface area is 161 Å². The van der Waals surface area contributed by atoms with Gasteiger partial charge in [0, 0.05) is 11.3 Å². The molecule has 1 atom stereocenters. The van der Waals surface area contributed by atoms with Gasteiger partial charge >= 0.3 is 0 Å². The van der Waals surface area contributed by atoms with Gasteiger partial charge in [0.05, 0.1) is 18.3 Å². The Hall–Kier alpha value is -2.88. The van der Waals surface area contributed by atoms with Gasteiger partial charge in [0.25, 0.3) is 5.91 Å². The average Bonchev–Trinajstić information content (AvgIpc) is 2.95. The Kier molecular flexibility index (Phi) is 5.45. The Morgan fingerprint density at radius 2 is 1.70 bits per heavy atom. The minimum Gasteiger partial charge on any atom is -0.346 e. The Morgan fingerprint density at radius 1 is 1.00 bits per heavy atom. The summed E-state index contributed by atoms with van der Waals surface area (Å²) >= 11 is 0. The number of benzene rings is 2. The summed E-state index contributed by atoms with van der Waals surface area (Å²) in [5, 5.41) is 7.57. The summed E-state index contributed by atoms with van der Waals surface area (Å²) in [6.45, 7) is 11.0. The lowest BCUT2D eigenvalue weighted by atomic mass is 10.0. The molecule has 4 heteroatoms. The van der Waals surface area contributed by atoms with Crippen LogP contribution in [0, 0.1) is 27.7 Å². The van der Waals surface area contributed by atoms with E-state index < -0.39 is 0 Å². The molecule has 27 heavy (non-hydrogen) atoms. The second-order valence-electron chi connectivity index (χ2n) is 7.32. The van der Waals surface area contributed by atoms with Crippen molar-refractivity contribution in [1.29, 1.82) is 0 Å². The summed E-state index contributed by atoms with van der Waals surface area (Å²) in [4.78, 5) is 12.6. The molecule has 2 aromatic carbocycles. The van der Waals surface area contributed by atoms with Gasteiger partial charge in [-0.05, 0) is 75.1 Å². The van der Waals surface area contributed by atoms with Gasteiger partial charge in [0.15, 0.2) is 0 Å². The highest BCUT2D eigenvalue weighted by Crippen LogP contribution is 2.17. The van der Waals surface area contributed by atoms with Crippen molar-refractivity contribution in [2.75, 3.05) is 0 Å². The van der Waals surface area contributed by atoms with Crippen LogP contribution in [0.25, 0.3) is 0 Å². The largest absolute Gasteiger partial charge is 0.346 e. The molecule has 3 rings (SSSR count). The Balaban J connectivity index is 1.66. The number of carbonyl (C=O) groups is 1. The highest BCUT2D eigenvalue weighted by molar-refractivity contribution is 5.94. The molecular formula is C23H27N3O. The third-order valence-electron chi connectivity index (χ3n) is 5.03. The van der Waals surface area contributed by atoms with E-state index in [4.69, 9.17) is 0 Å². The second-order valence-corrected chi connectivity index (χ2v) is 7.32. The number of hydrogen-bond donors (Lipinski definition) is 1. The molecule has 0 aliphatic heterocycles. The van der Waals surface area contributed by atoms with Crippen molar-refractivity contribution in [3.05, 3.63) is 87.7 Å². The van der Waals surface area contributed by atoms with Crippen LogP contribution in [-0.4, -0.2) is 15.7 Å². The van der Waals surface area contributed by atoms with Crippen LogP contribution in [0.5, 0.6) is 0 Å². The molecule has 1 unspecified atom stereocenters. The van der Waals surface area contributed by atoms with E-state index >= 15 is 0 Å². The molecule has 140 valence electrons. The van der Waals surface area contributed by atoms with E-state index in [1.807, 2.05) is 42.8 Å². The summed E-state index contributed by atoms with van der Waals surface area (Å²) in [7, 11) is 0. The van der Waals surface area contributed by atoms with E-state index in [0.717, 1.165) is 22.5 Å². The lowest BCUT2D eigenvalue weighted by Gasteiger charge is -2.16. The van der Waals surface area contributed by atoms with Crippen molar-refractivity contribution in [3.8, 4) is 0 Å². The first kappa shape index (κ1) is 18.9. The summed E-state index contributed by atoms with van der Waals surface area (Å²) in [5.41, 5.74) is 7.56. The molecule has 0 aliphatic rings. The molecule has 0 bridgehead atoms. The fourth-order valence-corrected chi connectivity index (χ4v) is 3.17. The topological polar surface area (TPSA) is 46.9 Å². The number of nitrogens with one attached hydrogen (secondary N) is 1. The van der Waals surface area contributed by atoms with Crippen molar-refractivity contribution in [2.45, 2.75) is 47.2 Å². The predicted octanol–water partition coefficient (Wildman–Crippen LogP) is 4.66. The van der Waals surface area contributed by atoms with Crippen LogP contribution in [0.1, 0.15) is 57.0 Å². The second kappa shape index (κ2) is 7.78. The van der Waals surface area contributed by atoms with E-state index in [2.05, 4.69) is 55.5 Å². The molecule has 0 fully saturated rings. The third-order valence-corrected chi connectivity index (χ3v) is 5.03. The SMILES string of the molecule is Cc1cc(C)n(Cc2ccc(C(=O)NC(C)c3ccc(C)c(C)c3)cc2)n1. The molecular weight excluding hydrogens is 334 g/mol. The molecule has 3 aromatic rings. The third kappa shape index (κ3) is 4.45. The maximum absolute atomic E-state index is 12.6. The number of rotatable bonds is 5. The van der Waals surface area contributed by atoms with Gasteiger partial charge < -0.3 is 5.32 Å². The maximum Gasteiger partial charge on any atom is 0.251 e. The van der Waals surface area contributed by atoms with E-state index in [1.54, 1.807) is 0 Å². The number of hydrogen-bond acceptors (Lipinski definition) is 2. The van der Waals surface area contributed by atoms with Crippen LogP contribution in [0.2, 0.25) is 0 Å². The van der Waals surface area contributed by atoms with Crippen molar-refractivity contribution >= 4 is 5.91 Å². The van der Waals surface area contributed by atoms with Gasteiger partial charge in [0.2, 0.25) is 0 Å². The average molecular weight is 361 g/mol. The standard InChI is InChI=1S/C23H27N3O/c1-15-6-9-22(12-16(15)2)19(5)24-23(27)21-10-7-20(8-11-21)14-26-18(4)13-17(3)25-26/h6-13,19H,14H2,1-5H3,(H,24,27). The highest BCUT2D eigenvalue weighted by Gasteiger charge is 2.12. The van der Waals surface area contributed by atoms with Crippen molar-refractivity contribution in [2.24, 2.45) is 0 Å². The first-order valence-electron chi connectivity index (χ1n) is 9.31. The Morgan fingerprint density at radius 3 is 2.30 bits per heavy atom. The smallest absolute Gasteiger partial charge is 0.251 e. The monoisotopic (exact) mass is 361 g/mol. The molecule has 1 N–H and O–H groups in total. The molecule has 0 saturated carbocycles. The lowest BCUT2D eigenvalue weighted by Crippen LogP contribution is -2.26. The first-order chi connectivity index (χ1) is 12.8. The lowest BCUT2D eigenvalue weighted by molar-refractivity contribution is 0.0940. The molecule has 0 radical (unpaired) electrons. The van der Waals surface area contributed by atoms with Gasteiger partial charge in [-0.25, -0.2) is 0 Å². The summed E-state index contributed by atoms with van der Waals surface area (Å²) in [5.74, 6) is -0.0570. The van der Waals surface area contributed by atoms with Crippen LogP contribution in [0.15, 0.2) is 48.5 Å². The van der Waals surface area contributed by atoms with Gasteiger partial charge in [-0.1, -0.05) is 30.3 Å². The maximum atomic E-state index is 12.6. The summed E-state index contributed by atoms with van der Waals surface area (Å²) in [6, 6.07) is 16.1. The van der Waals surface area contributed by atoms with E-state index in [9.17, 15) is 4.79 Å². The van der Waals surface area contributed by atoms with Crippen LogP contribution in [0.4, 0.5) is 0 Å². The van der Waals surface area contributed by atoms with Gasteiger partial charge in [-0.2, -0.15) is 5.10 Å². The van der Waals surface area contributed by atoms with E-state index in [0.29, 0.717) is 12.1 Å². The zero-order valence-electron chi connectivity index (χ0n) is 16.7. The van der Waals surface area contributed by atoms with Crippen molar-refractivity contribution < 1.29 is 4.79 Å². The minimum absolute atomic E-state index is 0.0359. The molecule has 0 aliphatic carbocycles. The number of aryl methyl sites for hydroxylation is 4. The van der Waals surface area contributed by atoms with Gasteiger partial charge in [0.1, 0.15) is 0 Å². The first-order valence-corrected chi connectivity index (χ1v) is 9.31. The summed E-state index contributed by atoms with van der Waals surface area (Å²) < 4.78 is 1.98. The van der Waals surface area contributed by atoms with Crippen molar-refractivity contribution in [3.63, 3.8) is 0 Å². The van der Waals surface area contributed by atoms with Crippen LogP contribution >= 0.6 is 0 Å². The minimum atomic E-state index is -0.0570. The molecule has 0 spiro atoms. The normalized spacial score (nSPS) is 12.0. The Bertz CT molecular complexity index is 954. The number of amides is 1. The van der Waals surface area contributed by atoms with Gasteiger partial charge in [-0.15, -0.1) is 0 Å². The highest BCUT2D eigenvalue weighted by atomic mass is 16.1. The fraction of sp³-hybridized carbons (Fsp3) is 0.304. The molecule has 1 aromatic heterocycles. The molecule has 0 saturated heterocycles. The van der Waals surface area contributed by atoms with Crippen LogP contribution in [-0.2, 0) is 6.54 Å². The molecule has 4 nitrogen and oxygen atoms in total. The van der Waals surface area contributed by atoms with E-state index in [1.165, 1.54) is 11.1 Å². The summed E-state index contributed by atoms with van der Waals surface area (Å²) in [6.07, 6.45) is 0.